The van der Waals surface area contributed by atoms with Gasteiger partial charge in [-0.1, -0.05) is 28.1 Å². The molecule has 5 nitrogen and oxygen atoms in total. The van der Waals surface area contributed by atoms with E-state index in [-0.39, 0.29) is 18.4 Å². The molecule has 1 aromatic rings. The van der Waals surface area contributed by atoms with Gasteiger partial charge in [0.05, 0.1) is 18.4 Å². The largest absolute Gasteiger partial charge is 0.444 e. The number of likely N-dealkylation sites (tertiary alicyclic amines) is 1. The minimum atomic E-state index is -3.30. The molecule has 1 heterocycles. The zero-order valence-electron chi connectivity index (χ0n) is 15.3. The van der Waals surface area contributed by atoms with Crippen LogP contribution in [0, 0.1) is 5.82 Å². The molecule has 150 valence electrons. The monoisotopic (exact) mass is 450 g/mol. The lowest BCUT2D eigenvalue weighted by atomic mass is 10.1. The van der Waals surface area contributed by atoms with E-state index in [0.29, 0.717) is 5.56 Å². The van der Waals surface area contributed by atoms with Crippen molar-refractivity contribution in [3.05, 3.63) is 35.6 Å². The second-order valence-electron chi connectivity index (χ2n) is 7.42. The van der Waals surface area contributed by atoms with Gasteiger partial charge in [-0.3, -0.25) is 9.69 Å². The van der Waals surface area contributed by atoms with Gasteiger partial charge in [0.1, 0.15) is 17.5 Å². The number of halogens is 4. The zero-order chi connectivity index (χ0) is 20.4. The molecule has 1 atom stereocenters. The molecule has 0 aliphatic carbocycles. The Labute approximate surface area is 164 Å². The van der Waals surface area contributed by atoms with Crippen molar-refractivity contribution in [2.75, 3.05) is 18.4 Å². The topological polar surface area (TPSA) is 49.9 Å². The molecule has 1 saturated heterocycles. The quantitative estimate of drug-likeness (QED) is 0.655. The lowest BCUT2D eigenvalue weighted by Crippen LogP contribution is -2.50. The van der Waals surface area contributed by atoms with Crippen LogP contribution in [0.25, 0.3) is 0 Å². The predicted molar refractivity (Wildman–Crippen MR) is 97.3 cm³/mol. The fourth-order valence-electron chi connectivity index (χ4n) is 2.79. The summed E-state index contributed by atoms with van der Waals surface area (Å²) in [5.41, 5.74) is -0.304. The number of nitrogens with zero attached hydrogens (tertiary/aromatic N) is 2. The Balaban J connectivity index is 2.22. The highest BCUT2D eigenvalue weighted by molar-refractivity contribution is 9.09. The van der Waals surface area contributed by atoms with Crippen molar-refractivity contribution in [1.29, 1.82) is 0 Å². The fraction of sp³-hybridized carbons (Fsp3) is 0.556. The van der Waals surface area contributed by atoms with Gasteiger partial charge in [0.25, 0.3) is 5.92 Å². The van der Waals surface area contributed by atoms with Crippen molar-refractivity contribution in [2.24, 2.45) is 0 Å². The van der Waals surface area contributed by atoms with Crippen LogP contribution in [0.3, 0.4) is 0 Å². The van der Waals surface area contributed by atoms with E-state index < -0.39 is 41.9 Å². The Hall–Kier alpha value is -1.77. The van der Waals surface area contributed by atoms with E-state index in [0.717, 1.165) is 9.80 Å². The van der Waals surface area contributed by atoms with E-state index in [1.54, 1.807) is 20.8 Å². The summed E-state index contributed by atoms with van der Waals surface area (Å²) in [6.07, 6.45) is -0.849. The molecule has 1 unspecified atom stereocenters. The first kappa shape index (κ1) is 21.5. The highest BCUT2D eigenvalue weighted by Crippen LogP contribution is 2.33. The Morgan fingerprint density at radius 3 is 2.41 bits per heavy atom. The number of hydrogen-bond donors (Lipinski definition) is 0. The van der Waals surface area contributed by atoms with Crippen LogP contribution in [0.15, 0.2) is 24.3 Å². The maximum atomic E-state index is 14.6. The molecule has 2 amide bonds. The lowest BCUT2D eigenvalue weighted by Gasteiger charge is -2.31. The molecule has 1 aromatic carbocycles. The van der Waals surface area contributed by atoms with E-state index >= 15 is 0 Å². The Morgan fingerprint density at radius 1 is 1.30 bits per heavy atom. The summed E-state index contributed by atoms with van der Waals surface area (Å²) in [6, 6.07) is 3.77. The van der Waals surface area contributed by atoms with Gasteiger partial charge in [-0.15, -0.1) is 0 Å². The van der Waals surface area contributed by atoms with Crippen molar-refractivity contribution in [3.8, 4) is 0 Å². The summed E-state index contributed by atoms with van der Waals surface area (Å²) in [7, 11) is 0. The third kappa shape index (κ3) is 5.60. The third-order valence-electron chi connectivity index (χ3n) is 4.01. The van der Waals surface area contributed by atoms with Gasteiger partial charge >= 0.3 is 6.09 Å². The molecule has 1 aliphatic rings. The highest BCUT2D eigenvalue weighted by atomic mass is 79.9. The summed E-state index contributed by atoms with van der Waals surface area (Å²) in [5, 5.41) is -0.146. The van der Waals surface area contributed by atoms with Gasteiger partial charge < -0.3 is 9.64 Å². The van der Waals surface area contributed by atoms with Crippen molar-refractivity contribution < 1.29 is 27.5 Å². The number of carbonyl (C=O) groups is 2. The maximum Gasteiger partial charge on any atom is 0.410 e. The molecule has 0 spiro atoms. The summed E-state index contributed by atoms with van der Waals surface area (Å²) in [4.78, 5) is 26.4. The van der Waals surface area contributed by atoms with Crippen molar-refractivity contribution in [3.63, 3.8) is 0 Å². The average Bonchev–Trinajstić information content (AvgIpc) is 2.87. The molecule has 9 heteroatoms. The van der Waals surface area contributed by atoms with E-state index in [4.69, 9.17) is 4.74 Å². The SMILES string of the molecule is CC(C)(C)OC(=O)N1CC(N(Cc2ccc(F)cc2)C(=O)CBr)C(F)(F)C1. The summed E-state index contributed by atoms with van der Waals surface area (Å²) < 4.78 is 47.5. The minimum absolute atomic E-state index is 0.118. The molecular formula is C18H22BrF3N2O3. The Kier molecular flexibility index (Phi) is 6.44. The standard InChI is InChI=1S/C18H22BrF3N2O3/c1-17(2,3)27-16(26)23-10-14(18(21,22)11-23)24(15(25)8-19)9-12-4-6-13(20)7-5-12/h4-7,14H,8-11H2,1-3H3. The highest BCUT2D eigenvalue weighted by Gasteiger charge is 2.54. The van der Waals surface area contributed by atoms with E-state index in [9.17, 15) is 22.8 Å². The van der Waals surface area contributed by atoms with Gasteiger partial charge in [0, 0.05) is 6.54 Å². The number of rotatable bonds is 4. The van der Waals surface area contributed by atoms with Gasteiger partial charge in [-0.25, -0.2) is 18.0 Å². The van der Waals surface area contributed by atoms with Crippen LogP contribution in [-0.4, -0.2) is 57.8 Å². The number of hydrogen-bond acceptors (Lipinski definition) is 3. The molecule has 0 N–H and O–H groups in total. The molecule has 0 radical (unpaired) electrons. The number of alkyl halides is 3. The molecule has 2 rings (SSSR count). The van der Waals surface area contributed by atoms with Crippen LogP contribution in [0.1, 0.15) is 26.3 Å². The van der Waals surface area contributed by atoms with Gasteiger partial charge in [-0.05, 0) is 38.5 Å². The van der Waals surface area contributed by atoms with Crippen LogP contribution in [0.5, 0.6) is 0 Å². The van der Waals surface area contributed by atoms with Crippen molar-refractivity contribution in [2.45, 2.75) is 44.9 Å². The van der Waals surface area contributed by atoms with Crippen LogP contribution in [0.4, 0.5) is 18.0 Å². The van der Waals surface area contributed by atoms with Gasteiger partial charge in [0.15, 0.2) is 0 Å². The first-order valence-corrected chi connectivity index (χ1v) is 9.51. The Bertz CT molecular complexity index is 692. The normalized spacial score (nSPS) is 19.1. The first-order valence-electron chi connectivity index (χ1n) is 8.38. The third-order valence-corrected chi connectivity index (χ3v) is 4.49. The fourth-order valence-corrected chi connectivity index (χ4v) is 3.12. The van der Waals surface area contributed by atoms with E-state index in [1.807, 2.05) is 0 Å². The van der Waals surface area contributed by atoms with Gasteiger partial charge in [0.2, 0.25) is 5.91 Å². The van der Waals surface area contributed by atoms with Crippen LogP contribution < -0.4 is 0 Å². The number of carbonyl (C=O) groups excluding carboxylic acids is 2. The average molecular weight is 451 g/mol. The van der Waals surface area contributed by atoms with Crippen LogP contribution >= 0.6 is 15.9 Å². The molecule has 0 bridgehead atoms. The molecule has 0 aromatic heterocycles. The van der Waals surface area contributed by atoms with Crippen molar-refractivity contribution >= 4 is 27.9 Å². The van der Waals surface area contributed by atoms with Crippen LogP contribution in [0.2, 0.25) is 0 Å². The van der Waals surface area contributed by atoms with Crippen LogP contribution in [-0.2, 0) is 16.1 Å². The smallest absolute Gasteiger partial charge is 0.410 e. The zero-order valence-corrected chi connectivity index (χ0v) is 16.9. The molecule has 27 heavy (non-hydrogen) atoms. The number of benzene rings is 1. The minimum Gasteiger partial charge on any atom is -0.444 e. The van der Waals surface area contributed by atoms with E-state index in [1.165, 1.54) is 24.3 Å². The Morgan fingerprint density at radius 2 is 1.89 bits per heavy atom. The lowest BCUT2D eigenvalue weighted by molar-refractivity contribution is -0.138. The van der Waals surface area contributed by atoms with Crippen molar-refractivity contribution in [1.82, 2.24) is 9.80 Å². The number of ether oxygens (including phenoxy) is 1. The molecule has 1 fully saturated rings. The maximum absolute atomic E-state index is 14.6. The molecular weight excluding hydrogens is 429 g/mol. The second-order valence-corrected chi connectivity index (χ2v) is 7.98. The second kappa shape index (κ2) is 8.08. The summed E-state index contributed by atoms with van der Waals surface area (Å²) in [5.74, 6) is -4.30. The first-order chi connectivity index (χ1) is 12.4. The van der Waals surface area contributed by atoms with Gasteiger partial charge in [-0.2, -0.15) is 0 Å². The molecule has 0 saturated carbocycles. The molecule has 1 aliphatic heterocycles. The van der Waals surface area contributed by atoms with E-state index in [2.05, 4.69) is 15.9 Å². The summed E-state index contributed by atoms with van der Waals surface area (Å²) in [6.45, 7) is 3.64. The summed E-state index contributed by atoms with van der Waals surface area (Å²) >= 11 is 3.01. The predicted octanol–water partition coefficient (Wildman–Crippen LogP) is 3.80. The number of amides is 2.